The molecule has 1 amide bonds. The Hall–Kier alpha value is -2.21. The average molecular weight is 340 g/mol. The van der Waals surface area contributed by atoms with E-state index in [1.807, 2.05) is 6.07 Å². The molecule has 1 aliphatic heterocycles. The van der Waals surface area contributed by atoms with E-state index in [0.29, 0.717) is 0 Å². The number of benzene rings is 1. The SMILES string of the molecule is Cc1cccc2c(N3CCC([C@@H](O)C(=O)NC4CC4)CC3)ncnc12. The lowest BCUT2D eigenvalue weighted by Crippen LogP contribution is -2.45. The third-order valence-electron chi connectivity index (χ3n) is 5.32. The summed E-state index contributed by atoms with van der Waals surface area (Å²) in [7, 11) is 0. The predicted octanol–water partition coefficient (Wildman–Crippen LogP) is 1.79. The number of nitrogens with zero attached hydrogens (tertiary/aromatic N) is 3. The van der Waals surface area contributed by atoms with Gasteiger partial charge in [0.2, 0.25) is 5.91 Å². The Labute approximate surface area is 147 Å². The minimum Gasteiger partial charge on any atom is -0.383 e. The number of hydrogen-bond acceptors (Lipinski definition) is 5. The van der Waals surface area contributed by atoms with Gasteiger partial charge in [0.05, 0.1) is 5.52 Å². The number of hydrogen-bond donors (Lipinski definition) is 2. The maximum absolute atomic E-state index is 12.1. The van der Waals surface area contributed by atoms with Gasteiger partial charge in [-0.1, -0.05) is 12.1 Å². The summed E-state index contributed by atoms with van der Waals surface area (Å²) in [6.07, 6.45) is 4.38. The van der Waals surface area contributed by atoms with Crippen molar-refractivity contribution in [3.63, 3.8) is 0 Å². The van der Waals surface area contributed by atoms with E-state index in [2.05, 4.69) is 39.2 Å². The van der Waals surface area contributed by atoms with Crippen LogP contribution < -0.4 is 10.2 Å². The number of anilines is 1. The molecule has 1 saturated carbocycles. The second kappa shape index (κ2) is 6.59. The summed E-state index contributed by atoms with van der Waals surface area (Å²) in [6.45, 7) is 3.64. The number of para-hydroxylation sites is 1. The Bertz CT molecular complexity index is 782. The molecule has 1 atom stereocenters. The Balaban J connectivity index is 1.45. The highest BCUT2D eigenvalue weighted by atomic mass is 16.3. The van der Waals surface area contributed by atoms with E-state index in [4.69, 9.17) is 0 Å². The Morgan fingerprint density at radius 2 is 2.00 bits per heavy atom. The molecule has 0 bridgehead atoms. The number of aryl methyl sites for hydroxylation is 1. The van der Waals surface area contributed by atoms with E-state index >= 15 is 0 Å². The van der Waals surface area contributed by atoms with Crippen LogP contribution in [0.3, 0.4) is 0 Å². The zero-order valence-electron chi connectivity index (χ0n) is 14.5. The van der Waals surface area contributed by atoms with Gasteiger partial charge in [0, 0.05) is 24.5 Å². The quantitative estimate of drug-likeness (QED) is 0.887. The standard InChI is InChI=1S/C19H24N4O2/c1-12-3-2-4-15-16(12)20-11-21-18(15)23-9-7-13(8-10-23)17(24)19(25)22-14-5-6-14/h2-4,11,13-14,17,24H,5-10H2,1H3,(H,22,25)/t17-/m1/s1. The van der Waals surface area contributed by atoms with E-state index in [1.54, 1.807) is 6.33 Å². The molecule has 2 N–H and O–H groups in total. The summed E-state index contributed by atoms with van der Waals surface area (Å²) in [5.41, 5.74) is 2.13. The van der Waals surface area contributed by atoms with Crippen LogP contribution in [0.4, 0.5) is 5.82 Å². The second-order valence-electron chi connectivity index (χ2n) is 7.22. The van der Waals surface area contributed by atoms with Crippen LogP contribution in [-0.4, -0.2) is 46.2 Å². The van der Waals surface area contributed by atoms with Gasteiger partial charge >= 0.3 is 0 Å². The number of aliphatic hydroxyl groups is 1. The molecule has 2 heterocycles. The first-order chi connectivity index (χ1) is 12.1. The van der Waals surface area contributed by atoms with Gasteiger partial charge in [-0.3, -0.25) is 4.79 Å². The monoisotopic (exact) mass is 340 g/mol. The molecule has 2 fully saturated rings. The largest absolute Gasteiger partial charge is 0.383 e. The van der Waals surface area contributed by atoms with Crippen LogP contribution in [0, 0.1) is 12.8 Å². The maximum Gasteiger partial charge on any atom is 0.249 e. The first-order valence-corrected chi connectivity index (χ1v) is 9.07. The number of carbonyl (C=O) groups is 1. The summed E-state index contributed by atoms with van der Waals surface area (Å²) in [6, 6.07) is 6.43. The molecule has 1 aliphatic carbocycles. The summed E-state index contributed by atoms with van der Waals surface area (Å²) >= 11 is 0. The highest BCUT2D eigenvalue weighted by Crippen LogP contribution is 2.30. The lowest BCUT2D eigenvalue weighted by Gasteiger charge is -2.34. The number of piperidine rings is 1. The van der Waals surface area contributed by atoms with Crippen molar-refractivity contribution in [2.45, 2.75) is 44.8 Å². The zero-order chi connectivity index (χ0) is 17.4. The Kier molecular flexibility index (Phi) is 4.29. The van der Waals surface area contributed by atoms with Gasteiger partial charge in [-0.15, -0.1) is 0 Å². The molecular formula is C19H24N4O2. The third kappa shape index (κ3) is 3.31. The predicted molar refractivity (Wildman–Crippen MR) is 96.4 cm³/mol. The van der Waals surface area contributed by atoms with Gasteiger partial charge < -0.3 is 15.3 Å². The van der Waals surface area contributed by atoms with Gasteiger partial charge in [-0.2, -0.15) is 0 Å². The number of aromatic nitrogens is 2. The van der Waals surface area contributed by atoms with E-state index in [9.17, 15) is 9.90 Å². The van der Waals surface area contributed by atoms with Crippen molar-refractivity contribution in [2.24, 2.45) is 5.92 Å². The van der Waals surface area contributed by atoms with Crippen LogP contribution in [-0.2, 0) is 4.79 Å². The summed E-state index contributed by atoms with van der Waals surface area (Å²) < 4.78 is 0. The molecule has 2 aliphatic rings. The molecule has 6 nitrogen and oxygen atoms in total. The normalized spacial score (nSPS) is 19.8. The smallest absolute Gasteiger partial charge is 0.249 e. The summed E-state index contributed by atoms with van der Waals surface area (Å²) in [5, 5.41) is 14.3. The lowest BCUT2D eigenvalue weighted by molar-refractivity contribution is -0.132. The Morgan fingerprint density at radius 1 is 1.24 bits per heavy atom. The summed E-state index contributed by atoms with van der Waals surface area (Å²) in [5.74, 6) is 0.762. The maximum atomic E-state index is 12.1. The third-order valence-corrected chi connectivity index (χ3v) is 5.32. The van der Waals surface area contributed by atoms with Gasteiger partial charge in [-0.05, 0) is 50.2 Å². The highest BCUT2D eigenvalue weighted by Gasteiger charge is 2.33. The van der Waals surface area contributed by atoms with Crippen molar-refractivity contribution in [2.75, 3.05) is 18.0 Å². The summed E-state index contributed by atoms with van der Waals surface area (Å²) in [4.78, 5) is 23.2. The molecule has 4 rings (SSSR count). The van der Waals surface area contributed by atoms with E-state index in [1.165, 1.54) is 0 Å². The van der Waals surface area contributed by atoms with Crippen molar-refractivity contribution >= 4 is 22.6 Å². The highest BCUT2D eigenvalue weighted by molar-refractivity contribution is 5.91. The van der Waals surface area contributed by atoms with Gasteiger partial charge in [-0.25, -0.2) is 9.97 Å². The van der Waals surface area contributed by atoms with Crippen LogP contribution >= 0.6 is 0 Å². The van der Waals surface area contributed by atoms with E-state index < -0.39 is 6.10 Å². The molecule has 6 heteroatoms. The second-order valence-corrected chi connectivity index (χ2v) is 7.22. The molecule has 2 aromatic rings. The van der Waals surface area contributed by atoms with E-state index in [0.717, 1.165) is 61.1 Å². The molecule has 0 unspecified atom stereocenters. The van der Waals surface area contributed by atoms with Crippen LogP contribution in [0.1, 0.15) is 31.2 Å². The lowest BCUT2D eigenvalue weighted by atomic mass is 9.90. The minimum atomic E-state index is -0.896. The minimum absolute atomic E-state index is 0.0184. The first-order valence-electron chi connectivity index (χ1n) is 9.07. The molecule has 1 saturated heterocycles. The van der Waals surface area contributed by atoms with Crippen molar-refractivity contribution in [1.82, 2.24) is 15.3 Å². The van der Waals surface area contributed by atoms with E-state index in [-0.39, 0.29) is 17.9 Å². The van der Waals surface area contributed by atoms with Crippen LogP contribution in [0.15, 0.2) is 24.5 Å². The van der Waals surface area contributed by atoms with Crippen LogP contribution in [0.2, 0.25) is 0 Å². The number of fused-ring (bicyclic) bond motifs is 1. The number of amides is 1. The number of rotatable bonds is 4. The average Bonchev–Trinajstić information content (AvgIpc) is 3.45. The van der Waals surface area contributed by atoms with Crippen LogP contribution in [0.5, 0.6) is 0 Å². The zero-order valence-corrected chi connectivity index (χ0v) is 14.5. The number of carbonyl (C=O) groups excluding carboxylic acids is 1. The molecule has 1 aromatic carbocycles. The van der Waals surface area contributed by atoms with Crippen LogP contribution in [0.25, 0.3) is 10.9 Å². The Morgan fingerprint density at radius 3 is 2.72 bits per heavy atom. The molecule has 0 radical (unpaired) electrons. The molecule has 1 aromatic heterocycles. The fourth-order valence-electron chi connectivity index (χ4n) is 3.63. The van der Waals surface area contributed by atoms with Crippen molar-refractivity contribution in [3.8, 4) is 0 Å². The first kappa shape index (κ1) is 16.3. The fraction of sp³-hybridized carbons (Fsp3) is 0.526. The van der Waals surface area contributed by atoms with Gasteiger partial charge in [0.25, 0.3) is 0 Å². The van der Waals surface area contributed by atoms with Crippen molar-refractivity contribution < 1.29 is 9.90 Å². The van der Waals surface area contributed by atoms with Gasteiger partial charge in [0.1, 0.15) is 18.2 Å². The molecular weight excluding hydrogens is 316 g/mol. The fourth-order valence-corrected chi connectivity index (χ4v) is 3.63. The van der Waals surface area contributed by atoms with Gasteiger partial charge in [0.15, 0.2) is 0 Å². The molecule has 0 spiro atoms. The van der Waals surface area contributed by atoms with Crippen molar-refractivity contribution in [1.29, 1.82) is 0 Å². The molecule has 25 heavy (non-hydrogen) atoms. The number of aliphatic hydroxyl groups excluding tert-OH is 1. The molecule has 132 valence electrons. The number of nitrogens with one attached hydrogen (secondary N) is 1. The topological polar surface area (TPSA) is 78.4 Å². The van der Waals surface area contributed by atoms with Crippen molar-refractivity contribution in [3.05, 3.63) is 30.1 Å².